The van der Waals surface area contributed by atoms with Crippen LogP contribution >= 0.6 is 0 Å². The number of allylic oxidation sites excluding steroid dienone is 4. The second-order valence-electron chi connectivity index (χ2n) is 6.79. The Hall–Kier alpha value is -1.85. The Kier molecular flexibility index (Phi) is 9.38. The molecule has 0 aromatic heterocycles. The summed E-state index contributed by atoms with van der Waals surface area (Å²) < 4.78 is 27.0. The van der Waals surface area contributed by atoms with E-state index in [1.807, 2.05) is 12.2 Å². The molecule has 0 amide bonds. The fraction of sp³-hybridized carbons (Fsp3) is 0.650. The predicted molar refractivity (Wildman–Crippen MR) is 95.1 cm³/mol. The minimum Gasteiger partial charge on any atom is -0.481 e. The Bertz CT molecular complexity index is 552. The number of hydrogen-bond donors (Lipinski definition) is 1. The molecule has 0 saturated carbocycles. The van der Waals surface area contributed by atoms with Crippen molar-refractivity contribution in [2.24, 2.45) is 11.8 Å². The lowest BCUT2D eigenvalue weighted by atomic mass is 9.87. The molecule has 26 heavy (non-hydrogen) atoms. The number of hydrogen-bond acceptors (Lipinski definition) is 3. The van der Waals surface area contributed by atoms with Crippen molar-refractivity contribution in [1.29, 1.82) is 0 Å². The van der Waals surface area contributed by atoms with E-state index in [1.54, 1.807) is 13.0 Å². The molecule has 0 heterocycles. The minimum absolute atomic E-state index is 0.0211. The van der Waals surface area contributed by atoms with Gasteiger partial charge in [0.05, 0.1) is 0 Å². The van der Waals surface area contributed by atoms with Crippen molar-refractivity contribution in [1.82, 2.24) is 0 Å². The third-order valence-corrected chi connectivity index (χ3v) is 4.62. The maximum absolute atomic E-state index is 13.5. The number of aliphatic carboxylic acids is 1. The Morgan fingerprint density at radius 2 is 1.96 bits per heavy atom. The first kappa shape index (κ1) is 22.2. The zero-order chi connectivity index (χ0) is 19.6. The molecule has 0 spiro atoms. The number of carboxylic acids is 1. The summed E-state index contributed by atoms with van der Waals surface area (Å²) in [4.78, 5) is 34.0. The summed E-state index contributed by atoms with van der Waals surface area (Å²) in [5.41, 5.74) is 0. The lowest BCUT2D eigenvalue weighted by molar-refractivity contribution is -0.144. The monoisotopic (exact) mass is 370 g/mol. The topological polar surface area (TPSA) is 71.4 Å². The van der Waals surface area contributed by atoms with Gasteiger partial charge in [0.2, 0.25) is 5.78 Å². The predicted octanol–water partition coefficient (Wildman–Crippen LogP) is 4.73. The van der Waals surface area contributed by atoms with Crippen LogP contribution in [0, 0.1) is 11.8 Å². The first-order valence-electron chi connectivity index (χ1n) is 9.28. The highest BCUT2D eigenvalue weighted by molar-refractivity contribution is 5.94. The molecule has 0 radical (unpaired) electrons. The summed E-state index contributed by atoms with van der Waals surface area (Å²) in [6.07, 6.45) is 9.52. The van der Waals surface area contributed by atoms with Crippen LogP contribution in [0.1, 0.15) is 64.7 Å². The summed E-state index contributed by atoms with van der Waals surface area (Å²) in [6.45, 7) is 1.62. The lowest BCUT2D eigenvalue weighted by Gasteiger charge is -2.18. The standard InChI is InChI=1S/C20H28F2O4/c1-2-14-20(21,22)18(24)10-7-8-15-12-13-17(23)16(15)9-5-3-4-6-11-19(25)26/h3,5,12-13,15-16H,2,4,6-11,14H2,1H3,(H,25,26)/b5-3-/t15-,16-/m1/s1. The highest BCUT2D eigenvalue weighted by Gasteiger charge is 2.36. The van der Waals surface area contributed by atoms with Gasteiger partial charge in [-0.15, -0.1) is 0 Å². The van der Waals surface area contributed by atoms with Crippen molar-refractivity contribution < 1.29 is 28.3 Å². The molecule has 0 unspecified atom stereocenters. The van der Waals surface area contributed by atoms with Gasteiger partial charge in [-0.1, -0.05) is 25.2 Å². The van der Waals surface area contributed by atoms with Crippen LogP contribution in [0.15, 0.2) is 24.3 Å². The summed E-state index contributed by atoms with van der Waals surface area (Å²) in [7, 11) is 0. The number of carboxylic acid groups (broad SMARTS) is 1. The molecule has 1 aliphatic rings. The third-order valence-electron chi connectivity index (χ3n) is 4.62. The zero-order valence-electron chi connectivity index (χ0n) is 15.3. The van der Waals surface area contributed by atoms with E-state index in [1.165, 1.54) is 6.08 Å². The van der Waals surface area contributed by atoms with Gasteiger partial charge in [0.25, 0.3) is 0 Å². The van der Waals surface area contributed by atoms with Crippen molar-refractivity contribution in [3.8, 4) is 0 Å². The van der Waals surface area contributed by atoms with Crippen molar-refractivity contribution in [2.75, 3.05) is 0 Å². The van der Waals surface area contributed by atoms with E-state index in [2.05, 4.69) is 0 Å². The number of halogens is 2. The molecule has 0 bridgehead atoms. The molecule has 6 heteroatoms. The van der Waals surface area contributed by atoms with E-state index in [-0.39, 0.29) is 36.9 Å². The van der Waals surface area contributed by atoms with Gasteiger partial charge in [-0.25, -0.2) is 0 Å². The van der Waals surface area contributed by atoms with Crippen LogP contribution in [0.3, 0.4) is 0 Å². The number of carbonyl (C=O) groups excluding carboxylic acids is 2. The molecular formula is C20H28F2O4. The van der Waals surface area contributed by atoms with Gasteiger partial charge in [-0.2, -0.15) is 8.78 Å². The Labute approximate surface area is 153 Å². The van der Waals surface area contributed by atoms with Crippen LogP contribution in [0.25, 0.3) is 0 Å². The second kappa shape index (κ2) is 11.0. The molecule has 0 aromatic rings. The summed E-state index contributed by atoms with van der Waals surface area (Å²) >= 11 is 0. The van der Waals surface area contributed by atoms with Gasteiger partial charge in [-0.3, -0.25) is 14.4 Å². The number of carbonyl (C=O) groups is 3. The average molecular weight is 370 g/mol. The van der Waals surface area contributed by atoms with Crippen molar-refractivity contribution in [3.05, 3.63) is 24.3 Å². The number of unbranched alkanes of at least 4 members (excludes halogenated alkanes) is 1. The van der Waals surface area contributed by atoms with Gasteiger partial charge < -0.3 is 5.11 Å². The van der Waals surface area contributed by atoms with Gasteiger partial charge in [0, 0.05) is 25.2 Å². The number of ketones is 2. The van der Waals surface area contributed by atoms with Crippen LogP contribution in [0.2, 0.25) is 0 Å². The quantitative estimate of drug-likeness (QED) is 0.376. The van der Waals surface area contributed by atoms with Gasteiger partial charge >= 0.3 is 11.9 Å². The molecule has 4 nitrogen and oxygen atoms in total. The van der Waals surface area contributed by atoms with Gasteiger partial charge in [0.1, 0.15) is 0 Å². The molecule has 2 atom stereocenters. The van der Waals surface area contributed by atoms with E-state index in [9.17, 15) is 23.2 Å². The summed E-state index contributed by atoms with van der Waals surface area (Å²) in [5, 5.41) is 8.57. The van der Waals surface area contributed by atoms with Crippen molar-refractivity contribution in [2.45, 2.75) is 70.6 Å². The molecule has 0 aromatic carbocycles. The van der Waals surface area contributed by atoms with Crippen LogP contribution < -0.4 is 0 Å². The largest absolute Gasteiger partial charge is 0.481 e. The normalized spacial score (nSPS) is 20.2. The average Bonchev–Trinajstić information content (AvgIpc) is 2.90. The SMILES string of the molecule is CCCC(F)(F)C(=O)CCC[C@@H]1C=CC(=O)[C@@H]1C/C=C\CCCC(=O)O. The summed E-state index contributed by atoms with van der Waals surface area (Å²) in [5.74, 6) is -5.30. The van der Waals surface area contributed by atoms with E-state index < -0.39 is 24.1 Å². The Morgan fingerprint density at radius 3 is 2.62 bits per heavy atom. The maximum atomic E-state index is 13.5. The fourth-order valence-corrected chi connectivity index (χ4v) is 3.14. The Balaban J connectivity index is 2.37. The number of Topliss-reactive ketones (excluding diaryl/α,β-unsaturated/α-hetero) is 1. The number of alkyl halides is 2. The van der Waals surface area contributed by atoms with E-state index in [0.29, 0.717) is 32.1 Å². The third kappa shape index (κ3) is 7.58. The van der Waals surface area contributed by atoms with Gasteiger partial charge in [0.15, 0.2) is 5.78 Å². The molecule has 0 aliphatic heterocycles. The maximum Gasteiger partial charge on any atom is 0.305 e. The smallest absolute Gasteiger partial charge is 0.305 e. The van der Waals surface area contributed by atoms with Crippen LogP contribution in [0.5, 0.6) is 0 Å². The van der Waals surface area contributed by atoms with Crippen LogP contribution in [0.4, 0.5) is 8.78 Å². The molecule has 0 saturated heterocycles. The van der Waals surface area contributed by atoms with E-state index in [4.69, 9.17) is 5.11 Å². The Morgan fingerprint density at radius 1 is 1.23 bits per heavy atom. The molecule has 1 N–H and O–H groups in total. The molecular weight excluding hydrogens is 342 g/mol. The minimum atomic E-state index is -3.24. The first-order chi connectivity index (χ1) is 12.3. The van der Waals surface area contributed by atoms with Crippen molar-refractivity contribution in [3.63, 3.8) is 0 Å². The lowest BCUT2D eigenvalue weighted by Crippen LogP contribution is -2.28. The summed E-state index contributed by atoms with van der Waals surface area (Å²) in [6, 6.07) is 0. The molecule has 1 aliphatic carbocycles. The fourth-order valence-electron chi connectivity index (χ4n) is 3.14. The van der Waals surface area contributed by atoms with Crippen LogP contribution in [-0.2, 0) is 14.4 Å². The highest BCUT2D eigenvalue weighted by Crippen LogP contribution is 2.31. The molecule has 1 rings (SSSR count). The highest BCUT2D eigenvalue weighted by atomic mass is 19.3. The van der Waals surface area contributed by atoms with Gasteiger partial charge in [-0.05, 0) is 50.5 Å². The zero-order valence-corrected chi connectivity index (χ0v) is 15.3. The second-order valence-corrected chi connectivity index (χ2v) is 6.79. The van der Waals surface area contributed by atoms with E-state index >= 15 is 0 Å². The van der Waals surface area contributed by atoms with E-state index in [0.717, 1.165) is 0 Å². The number of rotatable bonds is 13. The van der Waals surface area contributed by atoms with Crippen molar-refractivity contribution >= 4 is 17.5 Å². The van der Waals surface area contributed by atoms with Crippen LogP contribution in [-0.4, -0.2) is 28.6 Å². The molecule has 146 valence electrons. The first-order valence-corrected chi connectivity index (χ1v) is 9.28. The molecule has 0 fully saturated rings.